The molecule has 0 saturated heterocycles. The molecule has 0 aliphatic rings. The number of amides is 1. The van der Waals surface area contributed by atoms with Gasteiger partial charge >= 0.3 is 0 Å². The van der Waals surface area contributed by atoms with Crippen LogP contribution in [0.3, 0.4) is 0 Å². The summed E-state index contributed by atoms with van der Waals surface area (Å²) in [6.07, 6.45) is 0. The molecule has 0 radical (unpaired) electrons. The van der Waals surface area contributed by atoms with Crippen molar-refractivity contribution in [2.45, 2.75) is 13.0 Å². The molecule has 0 aliphatic carbocycles. The van der Waals surface area contributed by atoms with Crippen LogP contribution in [0.15, 0.2) is 18.2 Å². The molecule has 1 rings (SSSR count). The average Bonchev–Trinajstić information content (AvgIpc) is 2.28. The summed E-state index contributed by atoms with van der Waals surface area (Å²) in [4.78, 5) is 13.9. The standard InChI is InChI=1S/C12H18ClN3O/c1-8(16(2)3)7-15-12(17)10-6-9(14)4-5-11(10)13/h4-6,8H,7,14H2,1-3H3,(H,15,17). The number of rotatable bonds is 4. The highest BCUT2D eigenvalue weighted by atomic mass is 35.5. The molecule has 1 aromatic carbocycles. The molecule has 0 heterocycles. The smallest absolute Gasteiger partial charge is 0.252 e. The molecule has 3 N–H and O–H groups in total. The number of benzene rings is 1. The SMILES string of the molecule is CC(CNC(=O)c1cc(N)ccc1Cl)N(C)C. The quantitative estimate of drug-likeness (QED) is 0.804. The Morgan fingerprint density at radius 1 is 1.53 bits per heavy atom. The first-order valence-electron chi connectivity index (χ1n) is 5.41. The fourth-order valence-electron chi connectivity index (χ4n) is 1.24. The maximum Gasteiger partial charge on any atom is 0.252 e. The first-order chi connectivity index (χ1) is 7.91. The predicted octanol–water partition coefficient (Wildman–Crippen LogP) is 1.60. The predicted molar refractivity (Wildman–Crippen MR) is 71.3 cm³/mol. The first-order valence-corrected chi connectivity index (χ1v) is 5.79. The van der Waals surface area contributed by atoms with Crippen LogP contribution in [0.25, 0.3) is 0 Å². The molecular weight excluding hydrogens is 238 g/mol. The molecular formula is C12H18ClN3O. The van der Waals surface area contributed by atoms with E-state index in [4.69, 9.17) is 17.3 Å². The first kappa shape index (κ1) is 13.8. The van der Waals surface area contributed by atoms with Crippen molar-refractivity contribution in [1.29, 1.82) is 0 Å². The Balaban J connectivity index is 2.67. The third kappa shape index (κ3) is 3.91. The topological polar surface area (TPSA) is 58.4 Å². The second kappa shape index (κ2) is 5.89. The lowest BCUT2D eigenvalue weighted by Crippen LogP contribution is -2.38. The number of nitrogens with zero attached hydrogens (tertiary/aromatic N) is 1. The van der Waals surface area contributed by atoms with Gasteiger partial charge in [-0.25, -0.2) is 0 Å². The van der Waals surface area contributed by atoms with Crippen LogP contribution in [0.4, 0.5) is 5.69 Å². The van der Waals surface area contributed by atoms with Gasteiger partial charge in [0.15, 0.2) is 0 Å². The number of anilines is 1. The van der Waals surface area contributed by atoms with Crippen molar-refractivity contribution in [3.8, 4) is 0 Å². The van der Waals surface area contributed by atoms with Crippen molar-refractivity contribution in [1.82, 2.24) is 10.2 Å². The molecule has 17 heavy (non-hydrogen) atoms. The van der Waals surface area contributed by atoms with E-state index >= 15 is 0 Å². The Bertz CT molecular complexity index is 407. The van der Waals surface area contributed by atoms with Crippen LogP contribution in [0.2, 0.25) is 5.02 Å². The molecule has 94 valence electrons. The van der Waals surface area contributed by atoms with Crippen molar-refractivity contribution in [3.05, 3.63) is 28.8 Å². The average molecular weight is 256 g/mol. The number of hydrogen-bond acceptors (Lipinski definition) is 3. The van der Waals surface area contributed by atoms with Gasteiger partial charge in [0.05, 0.1) is 10.6 Å². The second-order valence-electron chi connectivity index (χ2n) is 4.26. The van der Waals surface area contributed by atoms with Gasteiger partial charge in [0.2, 0.25) is 0 Å². The minimum atomic E-state index is -0.198. The number of hydrogen-bond donors (Lipinski definition) is 2. The van der Waals surface area contributed by atoms with Crippen LogP contribution in [0.5, 0.6) is 0 Å². The molecule has 4 nitrogen and oxygen atoms in total. The van der Waals surface area contributed by atoms with Gasteiger partial charge in [-0.15, -0.1) is 0 Å². The van der Waals surface area contributed by atoms with Gasteiger partial charge in [-0.05, 0) is 39.2 Å². The van der Waals surface area contributed by atoms with Crippen molar-refractivity contribution in [2.75, 3.05) is 26.4 Å². The van der Waals surface area contributed by atoms with E-state index in [-0.39, 0.29) is 11.9 Å². The van der Waals surface area contributed by atoms with Crippen LogP contribution < -0.4 is 11.1 Å². The maximum absolute atomic E-state index is 11.9. The molecule has 1 atom stereocenters. The zero-order valence-electron chi connectivity index (χ0n) is 10.3. The molecule has 1 amide bonds. The second-order valence-corrected chi connectivity index (χ2v) is 4.67. The summed E-state index contributed by atoms with van der Waals surface area (Å²) in [6.45, 7) is 2.60. The summed E-state index contributed by atoms with van der Waals surface area (Å²) in [5.74, 6) is -0.198. The van der Waals surface area contributed by atoms with E-state index in [9.17, 15) is 4.79 Å². The van der Waals surface area contributed by atoms with Gasteiger partial charge in [-0.2, -0.15) is 0 Å². The van der Waals surface area contributed by atoms with Crippen molar-refractivity contribution >= 4 is 23.2 Å². The molecule has 0 aliphatic heterocycles. The summed E-state index contributed by atoms with van der Waals surface area (Å²) < 4.78 is 0. The van der Waals surface area contributed by atoms with E-state index < -0.39 is 0 Å². The summed E-state index contributed by atoms with van der Waals surface area (Å²) in [5.41, 5.74) is 6.57. The van der Waals surface area contributed by atoms with Gasteiger partial charge in [0.1, 0.15) is 0 Å². The Hall–Kier alpha value is -1.26. The highest BCUT2D eigenvalue weighted by Crippen LogP contribution is 2.18. The van der Waals surface area contributed by atoms with E-state index in [1.165, 1.54) is 0 Å². The van der Waals surface area contributed by atoms with Crippen molar-refractivity contribution in [2.24, 2.45) is 0 Å². The highest BCUT2D eigenvalue weighted by Gasteiger charge is 2.12. The Labute approximate surface area is 107 Å². The lowest BCUT2D eigenvalue weighted by atomic mass is 10.2. The number of likely N-dealkylation sites (N-methyl/N-ethyl adjacent to an activating group) is 1. The summed E-state index contributed by atoms with van der Waals surface area (Å²) in [6, 6.07) is 5.14. The third-order valence-electron chi connectivity index (χ3n) is 2.67. The number of nitrogens with one attached hydrogen (secondary N) is 1. The van der Waals surface area contributed by atoms with E-state index in [2.05, 4.69) is 5.32 Å². The van der Waals surface area contributed by atoms with Gasteiger partial charge in [-0.1, -0.05) is 11.6 Å². The lowest BCUT2D eigenvalue weighted by Gasteiger charge is -2.20. The van der Waals surface area contributed by atoms with Crippen molar-refractivity contribution < 1.29 is 4.79 Å². The van der Waals surface area contributed by atoms with Crippen LogP contribution in [-0.4, -0.2) is 37.5 Å². The normalized spacial score (nSPS) is 12.5. The molecule has 0 aromatic heterocycles. The number of halogens is 1. The number of carbonyl (C=O) groups excluding carboxylic acids is 1. The number of nitrogens with two attached hydrogens (primary N) is 1. The molecule has 0 saturated carbocycles. The molecule has 0 spiro atoms. The molecule has 5 heteroatoms. The van der Waals surface area contributed by atoms with Crippen LogP contribution >= 0.6 is 11.6 Å². The minimum Gasteiger partial charge on any atom is -0.399 e. The highest BCUT2D eigenvalue weighted by molar-refractivity contribution is 6.34. The van der Waals surface area contributed by atoms with Gasteiger partial charge in [-0.3, -0.25) is 4.79 Å². The molecule has 0 fully saturated rings. The fourth-order valence-corrected chi connectivity index (χ4v) is 1.44. The maximum atomic E-state index is 11.9. The zero-order chi connectivity index (χ0) is 13.0. The van der Waals surface area contributed by atoms with Gasteiger partial charge in [0.25, 0.3) is 5.91 Å². The molecule has 1 aromatic rings. The van der Waals surface area contributed by atoms with E-state index in [0.29, 0.717) is 22.8 Å². The van der Waals surface area contributed by atoms with Gasteiger partial charge in [0, 0.05) is 18.3 Å². The van der Waals surface area contributed by atoms with Crippen LogP contribution in [0.1, 0.15) is 17.3 Å². The van der Waals surface area contributed by atoms with Gasteiger partial charge < -0.3 is 16.0 Å². The van der Waals surface area contributed by atoms with E-state index in [0.717, 1.165) is 0 Å². The largest absolute Gasteiger partial charge is 0.399 e. The Morgan fingerprint density at radius 3 is 2.76 bits per heavy atom. The summed E-state index contributed by atoms with van der Waals surface area (Å²) in [7, 11) is 3.93. The summed E-state index contributed by atoms with van der Waals surface area (Å²) in [5, 5.41) is 3.24. The van der Waals surface area contributed by atoms with E-state index in [1.54, 1.807) is 18.2 Å². The Morgan fingerprint density at radius 2 is 2.18 bits per heavy atom. The number of nitrogen functional groups attached to an aromatic ring is 1. The van der Waals surface area contributed by atoms with E-state index in [1.807, 2.05) is 25.9 Å². The van der Waals surface area contributed by atoms with Crippen LogP contribution in [-0.2, 0) is 0 Å². The fraction of sp³-hybridized carbons (Fsp3) is 0.417. The van der Waals surface area contributed by atoms with Crippen molar-refractivity contribution in [3.63, 3.8) is 0 Å². The lowest BCUT2D eigenvalue weighted by molar-refractivity contribution is 0.0944. The monoisotopic (exact) mass is 255 g/mol. The summed E-state index contributed by atoms with van der Waals surface area (Å²) >= 11 is 5.94. The molecule has 1 unspecified atom stereocenters. The minimum absolute atomic E-state index is 0.198. The van der Waals surface area contributed by atoms with Crippen LogP contribution in [0, 0.1) is 0 Å². The third-order valence-corrected chi connectivity index (χ3v) is 3.00. The Kier molecular flexibility index (Phi) is 4.78. The number of carbonyl (C=O) groups is 1. The molecule has 0 bridgehead atoms. The zero-order valence-corrected chi connectivity index (χ0v) is 11.1.